The molecule has 6 nitrogen and oxygen atoms in total. The zero-order valence-corrected chi connectivity index (χ0v) is 14.7. The number of fused-ring (bicyclic) bond motifs is 1. The molecule has 1 atom stereocenters. The van der Waals surface area contributed by atoms with Crippen molar-refractivity contribution in [3.63, 3.8) is 0 Å². The molecule has 1 saturated heterocycles. The van der Waals surface area contributed by atoms with Gasteiger partial charge in [0.2, 0.25) is 0 Å². The Morgan fingerprint density at radius 1 is 1.25 bits per heavy atom. The molecule has 0 unspecified atom stereocenters. The third-order valence-electron chi connectivity index (χ3n) is 4.47. The molecule has 1 fully saturated rings. The Hall–Kier alpha value is -1.79. The molecule has 130 valence electrons. The van der Waals surface area contributed by atoms with Crippen molar-refractivity contribution in [1.82, 2.24) is 24.9 Å². The third kappa shape index (κ3) is 4.39. The number of aromatic nitrogens is 2. The molecule has 0 spiro atoms. The third-order valence-corrected chi connectivity index (χ3v) is 4.69. The average molecular weight is 350 g/mol. The first-order chi connectivity index (χ1) is 11.6. The highest BCUT2D eigenvalue weighted by Crippen LogP contribution is 2.12. The average Bonchev–Trinajstić information content (AvgIpc) is 3.00. The quantitative estimate of drug-likeness (QED) is 0.872. The van der Waals surface area contributed by atoms with Crippen LogP contribution in [-0.2, 0) is 6.54 Å². The van der Waals surface area contributed by atoms with Gasteiger partial charge >= 0.3 is 6.03 Å². The van der Waals surface area contributed by atoms with Gasteiger partial charge in [0.05, 0.1) is 17.3 Å². The van der Waals surface area contributed by atoms with E-state index in [1.165, 1.54) is 19.3 Å². The molecule has 3 heterocycles. The zero-order valence-electron chi connectivity index (χ0n) is 14.0. The van der Waals surface area contributed by atoms with Gasteiger partial charge in [-0.1, -0.05) is 18.0 Å². The van der Waals surface area contributed by atoms with Gasteiger partial charge in [-0.2, -0.15) is 0 Å². The van der Waals surface area contributed by atoms with Gasteiger partial charge in [-0.25, -0.2) is 9.78 Å². The van der Waals surface area contributed by atoms with Gasteiger partial charge in [0.1, 0.15) is 5.65 Å². The molecule has 2 amide bonds. The second kappa shape index (κ2) is 7.85. The summed E-state index contributed by atoms with van der Waals surface area (Å²) in [5.41, 5.74) is 1.62. The molecule has 0 saturated carbocycles. The summed E-state index contributed by atoms with van der Waals surface area (Å²) in [5, 5.41) is 6.46. The number of imidazole rings is 1. The zero-order chi connectivity index (χ0) is 16.9. The minimum absolute atomic E-state index is 0.158. The molecule has 0 aliphatic carbocycles. The van der Waals surface area contributed by atoms with Crippen molar-refractivity contribution in [1.29, 1.82) is 0 Å². The van der Waals surface area contributed by atoms with E-state index in [1.807, 2.05) is 16.7 Å². The number of nitrogens with one attached hydrogen (secondary N) is 2. The molecule has 2 aromatic rings. The number of pyridine rings is 1. The van der Waals surface area contributed by atoms with Crippen molar-refractivity contribution in [3.8, 4) is 0 Å². The van der Waals surface area contributed by atoms with Crippen LogP contribution in [0, 0.1) is 0 Å². The molecule has 24 heavy (non-hydrogen) atoms. The maximum Gasteiger partial charge on any atom is 0.315 e. The maximum atomic E-state index is 12.0. The van der Waals surface area contributed by atoms with Crippen LogP contribution in [0.15, 0.2) is 24.5 Å². The van der Waals surface area contributed by atoms with Crippen molar-refractivity contribution in [2.75, 3.05) is 19.6 Å². The van der Waals surface area contributed by atoms with E-state index in [1.54, 1.807) is 12.3 Å². The summed E-state index contributed by atoms with van der Waals surface area (Å²) < 4.78 is 1.86. The number of hydrogen-bond acceptors (Lipinski definition) is 3. The second-order valence-corrected chi connectivity index (χ2v) is 6.79. The van der Waals surface area contributed by atoms with Crippen LogP contribution in [0.2, 0.25) is 5.02 Å². The summed E-state index contributed by atoms with van der Waals surface area (Å²) in [5.74, 6) is 0. The number of carbonyl (C=O) groups excluding carboxylic acids is 1. The predicted octanol–water partition coefficient (Wildman–Crippen LogP) is 2.66. The van der Waals surface area contributed by atoms with Crippen LogP contribution in [0.4, 0.5) is 4.79 Å². The van der Waals surface area contributed by atoms with Gasteiger partial charge in [0.25, 0.3) is 0 Å². The smallest absolute Gasteiger partial charge is 0.315 e. The summed E-state index contributed by atoms with van der Waals surface area (Å²) in [6.45, 7) is 5.48. The first-order valence-electron chi connectivity index (χ1n) is 8.51. The second-order valence-electron chi connectivity index (χ2n) is 6.35. The van der Waals surface area contributed by atoms with E-state index in [9.17, 15) is 4.79 Å². The van der Waals surface area contributed by atoms with Crippen LogP contribution in [0.5, 0.6) is 0 Å². The Morgan fingerprint density at radius 2 is 2.04 bits per heavy atom. The highest BCUT2D eigenvalue weighted by molar-refractivity contribution is 6.30. The number of carbonyl (C=O) groups is 1. The highest BCUT2D eigenvalue weighted by Gasteiger charge is 2.17. The number of amides is 2. The Morgan fingerprint density at radius 3 is 2.83 bits per heavy atom. The fourth-order valence-corrected chi connectivity index (χ4v) is 3.23. The van der Waals surface area contributed by atoms with Crippen LogP contribution in [0.3, 0.4) is 0 Å². The molecular weight excluding hydrogens is 326 g/mol. The molecular formula is C17H24ClN5O. The summed E-state index contributed by atoms with van der Waals surface area (Å²) in [6, 6.07) is 3.87. The SMILES string of the molecule is C[C@H](CNC(=O)NCc1cn2cc(Cl)ccc2n1)N1CCCCC1. The lowest BCUT2D eigenvalue weighted by Gasteiger charge is -2.32. The molecule has 1 aliphatic heterocycles. The largest absolute Gasteiger partial charge is 0.337 e. The van der Waals surface area contributed by atoms with Gasteiger partial charge in [-0.3, -0.25) is 4.90 Å². The lowest BCUT2D eigenvalue weighted by Crippen LogP contribution is -2.46. The van der Waals surface area contributed by atoms with Crippen LogP contribution in [0.1, 0.15) is 31.9 Å². The fraction of sp³-hybridized carbons (Fsp3) is 0.529. The van der Waals surface area contributed by atoms with Gasteiger partial charge in [-0.15, -0.1) is 0 Å². The van der Waals surface area contributed by atoms with E-state index in [2.05, 4.69) is 27.4 Å². The van der Waals surface area contributed by atoms with E-state index >= 15 is 0 Å². The fourth-order valence-electron chi connectivity index (χ4n) is 3.06. The molecule has 0 radical (unpaired) electrons. The summed E-state index contributed by atoms with van der Waals surface area (Å²) in [7, 11) is 0. The van der Waals surface area contributed by atoms with E-state index in [0.29, 0.717) is 24.2 Å². The Balaban J connectivity index is 1.44. The predicted molar refractivity (Wildman–Crippen MR) is 95.3 cm³/mol. The molecule has 3 rings (SSSR count). The van der Waals surface area contributed by atoms with E-state index < -0.39 is 0 Å². The van der Waals surface area contributed by atoms with Crippen molar-refractivity contribution in [2.45, 2.75) is 38.8 Å². The lowest BCUT2D eigenvalue weighted by molar-refractivity contribution is 0.170. The number of rotatable bonds is 5. The molecule has 7 heteroatoms. The van der Waals surface area contributed by atoms with Gasteiger partial charge in [0, 0.05) is 25.0 Å². The summed E-state index contributed by atoms with van der Waals surface area (Å²) >= 11 is 5.96. The molecule has 2 N–H and O–H groups in total. The minimum Gasteiger partial charge on any atom is -0.337 e. The van der Waals surface area contributed by atoms with Crippen LogP contribution in [0.25, 0.3) is 5.65 Å². The first kappa shape index (κ1) is 17.0. The Labute approximate surface area is 147 Å². The number of hydrogen-bond donors (Lipinski definition) is 2. The van der Waals surface area contributed by atoms with E-state index in [4.69, 9.17) is 11.6 Å². The van der Waals surface area contributed by atoms with E-state index in [-0.39, 0.29) is 6.03 Å². The van der Waals surface area contributed by atoms with Gasteiger partial charge in [0.15, 0.2) is 0 Å². The normalized spacial score (nSPS) is 16.9. The van der Waals surface area contributed by atoms with Crippen molar-refractivity contribution in [3.05, 3.63) is 35.2 Å². The van der Waals surface area contributed by atoms with Crippen LogP contribution in [-0.4, -0.2) is 46.0 Å². The standard InChI is InChI=1S/C17H24ClN5O/c1-13(22-7-3-2-4-8-22)9-19-17(24)20-10-15-12-23-11-14(18)5-6-16(23)21-15/h5-6,11-13H,2-4,7-10H2,1H3,(H2,19,20,24)/t13-/m1/s1. The number of nitrogens with zero attached hydrogens (tertiary/aromatic N) is 3. The first-order valence-corrected chi connectivity index (χ1v) is 8.88. The van der Waals surface area contributed by atoms with E-state index in [0.717, 1.165) is 24.4 Å². The number of likely N-dealkylation sites (tertiary alicyclic amines) is 1. The molecule has 0 aromatic carbocycles. The molecule has 1 aliphatic rings. The minimum atomic E-state index is -0.158. The van der Waals surface area contributed by atoms with Gasteiger partial charge in [-0.05, 0) is 45.0 Å². The summed E-state index contributed by atoms with van der Waals surface area (Å²) in [4.78, 5) is 18.9. The topological polar surface area (TPSA) is 61.7 Å². The van der Waals surface area contributed by atoms with Crippen molar-refractivity contribution < 1.29 is 4.79 Å². The van der Waals surface area contributed by atoms with Crippen molar-refractivity contribution in [2.24, 2.45) is 0 Å². The maximum absolute atomic E-state index is 12.0. The lowest BCUT2D eigenvalue weighted by atomic mass is 10.1. The highest BCUT2D eigenvalue weighted by atomic mass is 35.5. The van der Waals surface area contributed by atoms with Crippen molar-refractivity contribution >= 4 is 23.3 Å². The Kier molecular flexibility index (Phi) is 5.58. The van der Waals surface area contributed by atoms with Gasteiger partial charge < -0.3 is 15.0 Å². The number of piperidine rings is 1. The Bertz CT molecular complexity index is 695. The van der Waals surface area contributed by atoms with Crippen LogP contribution < -0.4 is 10.6 Å². The monoisotopic (exact) mass is 349 g/mol. The number of halogens is 1. The summed E-state index contributed by atoms with van der Waals surface area (Å²) in [6.07, 6.45) is 7.51. The molecule has 0 bridgehead atoms. The molecule has 2 aromatic heterocycles. The van der Waals surface area contributed by atoms with Crippen LogP contribution >= 0.6 is 11.6 Å². The number of urea groups is 1.